The molecule has 6 nitrogen and oxygen atoms in total. The quantitative estimate of drug-likeness (QED) is 0.282. The Balaban J connectivity index is 1.31. The van der Waals surface area contributed by atoms with E-state index in [2.05, 4.69) is 60.9 Å². The fraction of sp³-hybridized carbons (Fsp3) is 0.559. The maximum Gasteiger partial charge on any atom is 0.308 e. The molecule has 40 heavy (non-hydrogen) atoms. The number of hydrogen-bond acceptors (Lipinski definition) is 6. The Labute approximate surface area is 238 Å². The van der Waals surface area contributed by atoms with Gasteiger partial charge in [0.05, 0.1) is 19.3 Å². The molecule has 1 heterocycles. The number of allylic oxidation sites excluding steroid dienone is 1. The Morgan fingerprint density at radius 1 is 1.15 bits per heavy atom. The number of aryl methyl sites for hydroxylation is 1. The highest BCUT2D eigenvalue weighted by molar-refractivity contribution is 5.69. The number of ether oxygens (including phenoxy) is 3. The van der Waals surface area contributed by atoms with E-state index in [4.69, 9.17) is 14.2 Å². The first-order chi connectivity index (χ1) is 19.3. The maximum absolute atomic E-state index is 11.6. The summed E-state index contributed by atoms with van der Waals surface area (Å²) in [5, 5.41) is 11.3. The number of benzene rings is 2. The van der Waals surface area contributed by atoms with Crippen molar-refractivity contribution in [1.82, 2.24) is 4.90 Å². The van der Waals surface area contributed by atoms with E-state index < -0.39 is 0 Å². The summed E-state index contributed by atoms with van der Waals surface area (Å²) in [6.45, 7) is 13.3. The van der Waals surface area contributed by atoms with E-state index in [1.165, 1.54) is 23.6 Å². The van der Waals surface area contributed by atoms with Gasteiger partial charge in [-0.3, -0.25) is 9.69 Å². The van der Waals surface area contributed by atoms with Gasteiger partial charge in [0.25, 0.3) is 0 Å². The van der Waals surface area contributed by atoms with Crippen LogP contribution in [0.3, 0.4) is 0 Å². The molecule has 2 aromatic carbocycles. The van der Waals surface area contributed by atoms with Crippen LogP contribution in [-0.4, -0.2) is 61.5 Å². The van der Waals surface area contributed by atoms with Crippen molar-refractivity contribution in [2.24, 2.45) is 16.7 Å². The fourth-order valence-electron chi connectivity index (χ4n) is 8.69. The van der Waals surface area contributed by atoms with Gasteiger partial charge >= 0.3 is 5.97 Å². The van der Waals surface area contributed by atoms with E-state index in [0.29, 0.717) is 18.3 Å². The number of carbonyl (C=O) groups excluding carboxylic acids is 1. The van der Waals surface area contributed by atoms with E-state index in [1.54, 1.807) is 0 Å². The molecule has 0 spiro atoms. The fourth-order valence-corrected chi connectivity index (χ4v) is 8.69. The average molecular weight is 546 g/mol. The Hall–Kier alpha value is -2.67. The third-order valence-electron chi connectivity index (χ3n) is 10.6. The number of aliphatic hydroxyl groups is 1. The van der Waals surface area contributed by atoms with Crippen molar-refractivity contribution in [3.8, 4) is 11.5 Å². The standard InChI is InChI=1S/C34H43NO5/c1-4-34-14-13-25-21-27(40-23(2)36)9-10-28(25)32(34)29(22-33(3)30(34)11-12-31(33)37)24-5-7-26(8-6-24)39-20-17-35-15-18-38-19-16-35/h4-10,21,29-32,37H,1,11-20,22H2,2-3H3/t29-,30?,31+,32?,33+,34+/m1/s1. The van der Waals surface area contributed by atoms with Crippen molar-refractivity contribution < 1.29 is 24.1 Å². The molecule has 2 unspecified atom stereocenters. The molecule has 4 aliphatic rings. The molecule has 1 N–H and O–H groups in total. The van der Waals surface area contributed by atoms with Crippen LogP contribution in [0.5, 0.6) is 11.5 Å². The van der Waals surface area contributed by atoms with Crippen molar-refractivity contribution in [2.75, 3.05) is 39.5 Å². The smallest absolute Gasteiger partial charge is 0.308 e. The second kappa shape index (κ2) is 11.0. The zero-order chi connectivity index (χ0) is 27.9. The number of morpholine rings is 1. The van der Waals surface area contributed by atoms with Gasteiger partial charge in [-0.1, -0.05) is 31.2 Å². The van der Waals surface area contributed by atoms with Gasteiger partial charge in [-0.15, -0.1) is 6.58 Å². The van der Waals surface area contributed by atoms with Crippen LogP contribution in [0.2, 0.25) is 0 Å². The minimum Gasteiger partial charge on any atom is -0.492 e. The van der Waals surface area contributed by atoms with Crippen molar-refractivity contribution >= 4 is 5.97 Å². The second-order valence-electron chi connectivity index (χ2n) is 12.6. The maximum atomic E-state index is 11.6. The topological polar surface area (TPSA) is 68.2 Å². The van der Waals surface area contributed by atoms with E-state index >= 15 is 0 Å². The first-order valence-electron chi connectivity index (χ1n) is 15.0. The van der Waals surface area contributed by atoms with E-state index in [9.17, 15) is 9.90 Å². The van der Waals surface area contributed by atoms with Gasteiger partial charge in [-0.05, 0) is 95.7 Å². The summed E-state index contributed by atoms with van der Waals surface area (Å²) >= 11 is 0. The van der Waals surface area contributed by atoms with Crippen LogP contribution in [-0.2, 0) is 16.0 Å². The first-order valence-corrected chi connectivity index (χ1v) is 15.0. The zero-order valence-electron chi connectivity index (χ0n) is 23.9. The highest BCUT2D eigenvalue weighted by Gasteiger charge is 2.63. The number of aliphatic hydroxyl groups excluding tert-OH is 1. The third kappa shape index (κ3) is 4.78. The summed E-state index contributed by atoms with van der Waals surface area (Å²) in [5.74, 6) is 2.07. The van der Waals surface area contributed by atoms with Crippen molar-refractivity contribution in [1.29, 1.82) is 0 Å². The molecule has 3 aliphatic carbocycles. The molecule has 2 saturated carbocycles. The number of hydrogen-bond donors (Lipinski definition) is 1. The molecule has 6 rings (SSSR count). The number of fused-ring (bicyclic) bond motifs is 5. The second-order valence-corrected chi connectivity index (χ2v) is 12.6. The van der Waals surface area contributed by atoms with Crippen LogP contribution in [0.25, 0.3) is 0 Å². The van der Waals surface area contributed by atoms with Gasteiger partial charge in [0.15, 0.2) is 0 Å². The van der Waals surface area contributed by atoms with Crippen LogP contribution in [0.15, 0.2) is 55.1 Å². The molecular formula is C34H43NO5. The van der Waals surface area contributed by atoms with Crippen molar-refractivity contribution in [2.45, 2.75) is 63.9 Å². The summed E-state index contributed by atoms with van der Waals surface area (Å²) in [6, 6.07) is 14.9. The minimum atomic E-state index is -0.298. The van der Waals surface area contributed by atoms with Crippen LogP contribution in [0, 0.1) is 16.7 Å². The SMILES string of the molecule is C=C[C@@]12CCc3cc(OC(C)=O)ccc3C1[C@@H](c1ccc(OCCN3CCOCC3)cc1)C[C@@]1(C)C2CC[C@@H]1O. The summed E-state index contributed by atoms with van der Waals surface area (Å²) in [6.07, 6.45) is 6.66. The number of esters is 1. The Bertz CT molecular complexity index is 1240. The van der Waals surface area contributed by atoms with Crippen molar-refractivity contribution in [3.05, 3.63) is 71.8 Å². The molecule has 1 saturated heterocycles. The van der Waals surface area contributed by atoms with Gasteiger partial charge in [0.2, 0.25) is 0 Å². The van der Waals surface area contributed by atoms with Crippen molar-refractivity contribution in [3.63, 3.8) is 0 Å². The minimum absolute atomic E-state index is 0.0988. The van der Waals surface area contributed by atoms with Crippen LogP contribution < -0.4 is 9.47 Å². The number of rotatable bonds is 7. The molecule has 3 fully saturated rings. The van der Waals surface area contributed by atoms with Gasteiger partial charge < -0.3 is 19.3 Å². The van der Waals surface area contributed by atoms with Gasteiger partial charge in [-0.2, -0.15) is 0 Å². The lowest BCUT2D eigenvalue weighted by Crippen LogP contribution is -2.53. The Morgan fingerprint density at radius 2 is 1.90 bits per heavy atom. The molecule has 0 aromatic heterocycles. The largest absolute Gasteiger partial charge is 0.492 e. The molecule has 0 amide bonds. The predicted molar refractivity (Wildman–Crippen MR) is 155 cm³/mol. The van der Waals surface area contributed by atoms with E-state index in [0.717, 1.165) is 70.7 Å². The Kier molecular flexibility index (Phi) is 7.53. The molecule has 6 heteroatoms. The lowest BCUT2D eigenvalue weighted by atomic mass is 9.44. The number of carbonyl (C=O) groups is 1. The highest BCUT2D eigenvalue weighted by Crippen LogP contribution is 2.71. The highest BCUT2D eigenvalue weighted by atomic mass is 16.5. The molecule has 1 aliphatic heterocycles. The summed E-state index contributed by atoms with van der Waals surface area (Å²) in [4.78, 5) is 14.0. The molecular weight excluding hydrogens is 502 g/mol. The lowest BCUT2D eigenvalue weighted by Gasteiger charge is -2.60. The lowest BCUT2D eigenvalue weighted by molar-refractivity contribution is -0.131. The summed E-state index contributed by atoms with van der Waals surface area (Å²) in [5.41, 5.74) is 3.63. The molecule has 214 valence electrons. The Morgan fingerprint density at radius 3 is 2.62 bits per heavy atom. The van der Waals surface area contributed by atoms with Gasteiger partial charge in [0.1, 0.15) is 18.1 Å². The molecule has 6 atom stereocenters. The predicted octanol–water partition coefficient (Wildman–Crippen LogP) is 5.49. The van der Waals surface area contributed by atoms with E-state index in [-0.39, 0.29) is 34.7 Å². The third-order valence-corrected chi connectivity index (χ3v) is 10.6. The zero-order valence-corrected chi connectivity index (χ0v) is 23.9. The first kappa shape index (κ1) is 27.5. The van der Waals surface area contributed by atoms with E-state index in [1.807, 2.05) is 6.07 Å². The van der Waals surface area contributed by atoms with Gasteiger partial charge in [-0.25, -0.2) is 0 Å². The summed E-state index contributed by atoms with van der Waals surface area (Å²) in [7, 11) is 0. The van der Waals surface area contributed by atoms with Crippen LogP contribution in [0.4, 0.5) is 0 Å². The molecule has 0 radical (unpaired) electrons. The van der Waals surface area contributed by atoms with Gasteiger partial charge in [0, 0.05) is 32.5 Å². The molecule has 0 bridgehead atoms. The number of nitrogens with zero attached hydrogens (tertiary/aromatic N) is 1. The normalized spacial score (nSPS) is 33.4. The van der Waals surface area contributed by atoms with Crippen LogP contribution >= 0.6 is 0 Å². The average Bonchev–Trinajstić information content (AvgIpc) is 3.27. The monoisotopic (exact) mass is 545 g/mol. The summed E-state index contributed by atoms with van der Waals surface area (Å²) < 4.78 is 17.0. The molecule has 2 aromatic rings. The van der Waals surface area contributed by atoms with Crippen LogP contribution in [0.1, 0.15) is 68.1 Å².